The van der Waals surface area contributed by atoms with Gasteiger partial charge in [0.15, 0.2) is 11.3 Å². The van der Waals surface area contributed by atoms with E-state index in [0.717, 1.165) is 54.2 Å². The zero-order valence-electron chi connectivity index (χ0n) is 20.5. The molecule has 1 atom stereocenters. The second-order valence-electron chi connectivity index (χ2n) is 8.71. The summed E-state index contributed by atoms with van der Waals surface area (Å²) in [4.78, 5) is 20.7. The number of thioether (sulfide) groups is 1. The molecular formula is C27H35N5OS. The van der Waals surface area contributed by atoms with Crippen LogP contribution < -0.4 is 20.8 Å². The number of nitrogens with one attached hydrogen (secondary N) is 1. The number of anilines is 1. The summed E-state index contributed by atoms with van der Waals surface area (Å²) in [6, 6.07) is 16.4. The molecule has 6 nitrogen and oxygen atoms in total. The van der Waals surface area contributed by atoms with Crippen molar-refractivity contribution in [1.82, 2.24) is 10.3 Å². The predicted octanol–water partition coefficient (Wildman–Crippen LogP) is 4.38. The van der Waals surface area contributed by atoms with E-state index in [1.54, 1.807) is 11.8 Å². The van der Waals surface area contributed by atoms with Gasteiger partial charge in [0.25, 0.3) is 5.91 Å². The Bertz CT molecular complexity index is 1140. The first-order chi connectivity index (χ1) is 16.7. The number of hydrogen-bond donors (Lipinski definition) is 1. The highest BCUT2D eigenvalue weighted by atomic mass is 32.2. The van der Waals surface area contributed by atoms with Crippen LogP contribution in [0.3, 0.4) is 0 Å². The molecule has 0 saturated heterocycles. The second-order valence-corrected chi connectivity index (χ2v) is 9.79. The molecule has 2 aliphatic heterocycles. The molecule has 2 aliphatic rings. The van der Waals surface area contributed by atoms with Crippen molar-refractivity contribution in [3.05, 3.63) is 64.7 Å². The fourth-order valence-electron chi connectivity index (χ4n) is 4.40. The molecule has 4 rings (SSSR count). The van der Waals surface area contributed by atoms with Crippen LogP contribution in [0.25, 0.3) is 5.70 Å². The number of carbonyl (C=O) groups excluding carboxylic acids is 1. The van der Waals surface area contributed by atoms with Gasteiger partial charge in [-0.15, -0.1) is 5.10 Å². The first-order valence-corrected chi connectivity index (χ1v) is 13.5. The Morgan fingerprint density at radius 1 is 0.971 bits per heavy atom. The Morgan fingerprint density at radius 2 is 1.71 bits per heavy atom. The number of hydrazone groups is 1. The number of rotatable bonds is 10. The maximum atomic E-state index is 13.2. The van der Waals surface area contributed by atoms with E-state index in [1.165, 1.54) is 18.5 Å². The minimum atomic E-state index is -0.373. The number of amides is 1. The molecule has 1 amide bonds. The first kappa shape index (κ1) is 24.3. The van der Waals surface area contributed by atoms with Gasteiger partial charge in [-0.05, 0) is 43.0 Å². The van der Waals surface area contributed by atoms with Crippen LogP contribution in [0.5, 0.6) is 0 Å². The molecule has 2 aromatic carbocycles. The summed E-state index contributed by atoms with van der Waals surface area (Å²) >= 11 is 1.61. The van der Waals surface area contributed by atoms with E-state index in [0.29, 0.717) is 10.9 Å². The molecule has 0 spiro atoms. The highest BCUT2D eigenvalue weighted by Gasteiger charge is 2.34. The van der Waals surface area contributed by atoms with E-state index in [4.69, 9.17) is 10.1 Å². The summed E-state index contributed by atoms with van der Waals surface area (Å²) in [5, 5.41) is 12.0. The SMILES string of the molecule is CCCCCSC1=NN2C(=c3ccccc3=N[C@H]2c2ccc(N(CCC)CCC)cc2)C(=O)N1. The number of nitrogens with zero attached hydrogens (tertiary/aromatic N) is 4. The summed E-state index contributed by atoms with van der Waals surface area (Å²) in [6.07, 6.45) is 5.32. The molecule has 2 aromatic rings. The summed E-state index contributed by atoms with van der Waals surface area (Å²) in [6.45, 7) is 8.70. The molecular weight excluding hydrogens is 442 g/mol. The van der Waals surface area contributed by atoms with Crippen molar-refractivity contribution in [2.75, 3.05) is 23.7 Å². The second kappa shape index (κ2) is 11.6. The molecule has 1 N–H and O–H groups in total. The zero-order chi connectivity index (χ0) is 23.9. The molecule has 0 aromatic heterocycles. The van der Waals surface area contributed by atoms with Crippen LogP contribution in [0, 0.1) is 0 Å². The zero-order valence-corrected chi connectivity index (χ0v) is 21.3. The van der Waals surface area contributed by atoms with Gasteiger partial charge in [0.05, 0.1) is 5.36 Å². The number of carbonyl (C=O) groups is 1. The quantitative estimate of drug-likeness (QED) is 0.516. The third-order valence-corrected chi connectivity index (χ3v) is 7.00. The van der Waals surface area contributed by atoms with Crippen LogP contribution in [0.1, 0.15) is 64.6 Å². The van der Waals surface area contributed by atoms with Crippen LogP contribution >= 0.6 is 11.8 Å². The average molecular weight is 478 g/mol. The maximum Gasteiger partial charge on any atom is 0.276 e. The summed E-state index contributed by atoms with van der Waals surface area (Å²) in [5.74, 6) is 0.822. The van der Waals surface area contributed by atoms with Crippen molar-refractivity contribution < 1.29 is 4.79 Å². The van der Waals surface area contributed by atoms with Gasteiger partial charge in [-0.1, -0.05) is 75.7 Å². The third-order valence-electron chi connectivity index (χ3n) is 6.05. The van der Waals surface area contributed by atoms with E-state index in [-0.39, 0.29) is 12.1 Å². The summed E-state index contributed by atoms with van der Waals surface area (Å²) < 4.78 is 0. The largest absolute Gasteiger partial charge is 0.372 e. The fourth-order valence-corrected chi connectivity index (χ4v) is 5.25. The van der Waals surface area contributed by atoms with Gasteiger partial charge in [-0.2, -0.15) is 0 Å². The maximum absolute atomic E-state index is 13.2. The molecule has 0 fully saturated rings. The van der Waals surface area contributed by atoms with Crippen molar-refractivity contribution in [2.45, 2.75) is 59.0 Å². The van der Waals surface area contributed by atoms with Gasteiger partial charge in [0.2, 0.25) is 0 Å². The van der Waals surface area contributed by atoms with Gasteiger partial charge in [0, 0.05) is 29.7 Å². The lowest BCUT2D eigenvalue weighted by molar-refractivity contribution is -0.116. The molecule has 34 heavy (non-hydrogen) atoms. The first-order valence-electron chi connectivity index (χ1n) is 12.5. The Kier molecular flexibility index (Phi) is 8.27. The Labute approximate surface area is 206 Å². The number of unbranched alkanes of at least 4 members (excludes halogenated alkanes) is 2. The number of fused-ring (bicyclic) bond motifs is 2. The van der Waals surface area contributed by atoms with Crippen molar-refractivity contribution >= 4 is 34.2 Å². The standard InChI is InChI=1S/C27H35N5OS/c1-4-7-10-19-34-27-29-26(33)24-22-11-8-9-12-23(22)28-25(32(24)30-27)20-13-15-21(16-14-20)31(17-5-2)18-6-3/h8-9,11-16,25H,4-7,10,17-19H2,1-3H3,(H,29,30,33)/t25-/m1/s1. The highest BCUT2D eigenvalue weighted by Crippen LogP contribution is 2.32. The molecule has 2 heterocycles. The lowest BCUT2D eigenvalue weighted by Gasteiger charge is -2.34. The fraction of sp³-hybridized carbons (Fsp3) is 0.444. The Balaban J connectivity index is 1.69. The van der Waals surface area contributed by atoms with Gasteiger partial charge >= 0.3 is 0 Å². The van der Waals surface area contributed by atoms with Gasteiger partial charge in [-0.25, -0.2) is 5.01 Å². The van der Waals surface area contributed by atoms with E-state index < -0.39 is 0 Å². The Hall–Kier alpha value is -2.80. The van der Waals surface area contributed by atoms with Crippen molar-refractivity contribution in [3.8, 4) is 0 Å². The number of amidine groups is 1. The summed E-state index contributed by atoms with van der Waals surface area (Å²) in [5.41, 5.74) is 2.81. The van der Waals surface area contributed by atoms with Crippen LogP contribution in [-0.2, 0) is 4.79 Å². The van der Waals surface area contributed by atoms with E-state index >= 15 is 0 Å². The van der Waals surface area contributed by atoms with E-state index in [1.807, 2.05) is 29.3 Å². The monoisotopic (exact) mass is 477 g/mol. The van der Waals surface area contributed by atoms with Crippen LogP contribution in [0.2, 0.25) is 0 Å². The Morgan fingerprint density at radius 3 is 2.41 bits per heavy atom. The molecule has 0 radical (unpaired) electrons. The average Bonchev–Trinajstić information content (AvgIpc) is 2.86. The van der Waals surface area contributed by atoms with Crippen LogP contribution in [0.15, 0.2) is 58.6 Å². The topological polar surface area (TPSA) is 60.3 Å². The highest BCUT2D eigenvalue weighted by molar-refractivity contribution is 8.13. The third kappa shape index (κ3) is 5.30. The van der Waals surface area contributed by atoms with Gasteiger partial charge < -0.3 is 4.90 Å². The van der Waals surface area contributed by atoms with Gasteiger partial charge in [-0.3, -0.25) is 15.1 Å². The van der Waals surface area contributed by atoms with Crippen molar-refractivity contribution in [1.29, 1.82) is 0 Å². The van der Waals surface area contributed by atoms with E-state index in [9.17, 15) is 4.79 Å². The minimum absolute atomic E-state index is 0.117. The molecule has 0 saturated carbocycles. The number of para-hydroxylation sites is 1. The summed E-state index contributed by atoms with van der Waals surface area (Å²) in [7, 11) is 0. The minimum Gasteiger partial charge on any atom is -0.372 e. The molecule has 7 heteroatoms. The normalized spacial score (nSPS) is 16.9. The number of benzene rings is 2. The molecule has 180 valence electrons. The molecule has 0 bridgehead atoms. The van der Waals surface area contributed by atoms with Crippen molar-refractivity contribution in [3.63, 3.8) is 0 Å². The lowest BCUT2D eigenvalue weighted by atomic mass is 10.1. The van der Waals surface area contributed by atoms with Crippen LogP contribution in [-0.4, -0.2) is 34.9 Å². The smallest absolute Gasteiger partial charge is 0.276 e. The van der Waals surface area contributed by atoms with Crippen LogP contribution in [0.4, 0.5) is 5.69 Å². The number of hydrogen-bond acceptors (Lipinski definition) is 6. The van der Waals surface area contributed by atoms with Crippen molar-refractivity contribution in [2.24, 2.45) is 10.1 Å². The molecule has 0 unspecified atom stereocenters. The lowest BCUT2D eigenvalue weighted by Crippen LogP contribution is -2.50. The molecule has 0 aliphatic carbocycles. The van der Waals surface area contributed by atoms with E-state index in [2.05, 4.69) is 55.3 Å². The van der Waals surface area contributed by atoms with Gasteiger partial charge in [0.1, 0.15) is 5.70 Å². The predicted molar refractivity (Wildman–Crippen MR) is 142 cm³/mol.